The predicted molar refractivity (Wildman–Crippen MR) is 77.3 cm³/mol. The van der Waals surface area contributed by atoms with E-state index in [0.717, 1.165) is 26.2 Å². The fraction of sp³-hybridized carbons (Fsp3) is 0.857. The highest BCUT2D eigenvalue weighted by molar-refractivity contribution is 5.86. The molecule has 2 fully saturated rings. The maximum atomic E-state index is 12.2. The maximum absolute atomic E-state index is 12.2. The fourth-order valence-corrected chi connectivity index (χ4v) is 3.01. The summed E-state index contributed by atoms with van der Waals surface area (Å²) in [6.45, 7) is 4.99. The fourth-order valence-electron chi connectivity index (χ4n) is 3.01. The molecule has 2 rings (SSSR count). The van der Waals surface area contributed by atoms with Gasteiger partial charge in [-0.1, -0.05) is 0 Å². The highest BCUT2D eigenvalue weighted by atomic mass is 16.2. The van der Waals surface area contributed by atoms with Gasteiger partial charge >= 0.3 is 0 Å². The molecular weight excluding hydrogens is 256 g/mol. The second-order valence-corrected chi connectivity index (χ2v) is 6.04. The first-order valence-electron chi connectivity index (χ1n) is 7.47. The molecule has 2 aliphatic heterocycles. The lowest BCUT2D eigenvalue weighted by molar-refractivity contribution is -0.140. The Hall–Kier alpha value is -1.14. The van der Waals surface area contributed by atoms with E-state index in [1.54, 1.807) is 9.80 Å². The van der Waals surface area contributed by atoms with Crippen molar-refractivity contribution in [3.63, 3.8) is 0 Å². The maximum Gasteiger partial charge on any atom is 0.241 e. The minimum atomic E-state index is 0.0235. The highest BCUT2D eigenvalue weighted by Crippen LogP contribution is 2.16. The molecule has 6 heteroatoms. The molecule has 0 aromatic rings. The van der Waals surface area contributed by atoms with Crippen LogP contribution in [0.25, 0.3) is 0 Å². The Labute approximate surface area is 121 Å². The van der Waals surface area contributed by atoms with Gasteiger partial charge in [0.25, 0.3) is 0 Å². The topological polar surface area (TPSA) is 55.9 Å². The molecule has 6 nitrogen and oxygen atoms in total. The van der Waals surface area contributed by atoms with Crippen molar-refractivity contribution < 1.29 is 9.59 Å². The molecule has 2 aliphatic rings. The smallest absolute Gasteiger partial charge is 0.241 e. The molecule has 0 aromatic heterocycles. The summed E-state index contributed by atoms with van der Waals surface area (Å²) in [4.78, 5) is 29.7. The van der Waals surface area contributed by atoms with Crippen molar-refractivity contribution in [2.24, 2.45) is 5.92 Å². The summed E-state index contributed by atoms with van der Waals surface area (Å²) >= 11 is 0. The average Bonchev–Trinajstić information content (AvgIpc) is 2.41. The summed E-state index contributed by atoms with van der Waals surface area (Å²) in [5.41, 5.74) is 0. The predicted octanol–water partition coefficient (Wildman–Crippen LogP) is -0.782. The van der Waals surface area contributed by atoms with Gasteiger partial charge in [0.1, 0.15) is 0 Å². The third-order valence-corrected chi connectivity index (χ3v) is 4.19. The van der Waals surface area contributed by atoms with Gasteiger partial charge in [-0.05, 0) is 32.4 Å². The van der Waals surface area contributed by atoms with Crippen LogP contribution in [0.15, 0.2) is 0 Å². The number of hydrogen-bond acceptors (Lipinski definition) is 4. The standard InChI is InChI=1S/C14H26N4O2/c1-16-6-3-4-12(9-16)10-17(2)14(20)11-18-7-5-15-8-13(18)19/h12,15H,3-11H2,1-2H3/t12-/m1/s1. The van der Waals surface area contributed by atoms with Crippen molar-refractivity contribution >= 4 is 11.8 Å². The van der Waals surface area contributed by atoms with Crippen LogP contribution in [-0.4, -0.2) is 86.4 Å². The van der Waals surface area contributed by atoms with Crippen LogP contribution in [0.4, 0.5) is 0 Å². The number of likely N-dealkylation sites (tertiary alicyclic amines) is 1. The van der Waals surface area contributed by atoms with Gasteiger partial charge < -0.3 is 20.0 Å². The molecule has 0 unspecified atom stereocenters. The van der Waals surface area contributed by atoms with Crippen molar-refractivity contribution in [2.45, 2.75) is 12.8 Å². The Morgan fingerprint density at radius 2 is 2.25 bits per heavy atom. The second-order valence-electron chi connectivity index (χ2n) is 6.04. The number of likely N-dealkylation sites (N-methyl/N-ethyl adjacent to an activating group) is 1. The van der Waals surface area contributed by atoms with Crippen molar-refractivity contribution in [3.8, 4) is 0 Å². The largest absolute Gasteiger partial charge is 0.344 e. The normalized spacial score (nSPS) is 24.8. The Balaban J connectivity index is 1.77. The summed E-state index contributed by atoms with van der Waals surface area (Å²) in [5, 5.41) is 3.02. The molecule has 0 bridgehead atoms. The number of hydrogen-bond donors (Lipinski definition) is 1. The molecule has 20 heavy (non-hydrogen) atoms. The second kappa shape index (κ2) is 7.04. The first-order chi connectivity index (χ1) is 9.56. The Morgan fingerprint density at radius 1 is 1.45 bits per heavy atom. The SMILES string of the molecule is CN1CCC[C@@H](CN(C)C(=O)CN2CCNCC2=O)C1. The number of nitrogens with zero attached hydrogens (tertiary/aromatic N) is 3. The van der Waals surface area contributed by atoms with Crippen molar-refractivity contribution in [1.82, 2.24) is 20.0 Å². The van der Waals surface area contributed by atoms with Gasteiger partial charge in [0.2, 0.25) is 11.8 Å². The quantitative estimate of drug-likeness (QED) is 0.735. The van der Waals surface area contributed by atoms with E-state index in [1.807, 2.05) is 7.05 Å². The minimum absolute atomic E-state index is 0.0235. The first kappa shape index (κ1) is 15.3. The van der Waals surface area contributed by atoms with E-state index >= 15 is 0 Å². The van der Waals surface area contributed by atoms with Gasteiger partial charge in [0.05, 0.1) is 13.1 Å². The molecule has 0 aromatic carbocycles. The van der Waals surface area contributed by atoms with Crippen molar-refractivity contribution in [2.75, 3.05) is 59.9 Å². The van der Waals surface area contributed by atoms with E-state index in [0.29, 0.717) is 19.0 Å². The lowest BCUT2D eigenvalue weighted by atomic mass is 9.98. The summed E-state index contributed by atoms with van der Waals surface area (Å²) in [7, 11) is 3.98. The number of rotatable bonds is 4. The van der Waals surface area contributed by atoms with Crippen LogP contribution in [0.2, 0.25) is 0 Å². The van der Waals surface area contributed by atoms with Gasteiger partial charge in [-0.15, -0.1) is 0 Å². The van der Waals surface area contributed by atoms with Crippen LogP contribution >= 0.6 is 0 Å². The van der Waals surface area contributed by atoms with E-state index in [2.05, 4.69) is 17.3 Å². The van der Waals surface area contributed by atoms with Crippen molar-refractivity contribution in [3.05, 3.63) is 0 Å². The molecule has 0 radical (unpaired) electrons. The number of nitrogens with one attached hydrogen (secondary N) is 1. The molecular formula is C14H26N4O2. The molecule has 1 N–H and O–H groups in total. The van der Waals surface area contributed by atoms with Crippen LogP contribution in [0.1, 0.15) is 12.8 Å². The van der Waals surface area contributed by atoms with E-state index in [1.165, 1.54) is 12.8 Å². The molecule has 0 aliphatic carbocycles. The monoisotopic (exact) mass is 282 g/mol. The van der Waals surface area contributed by atoms with Gasteiger partial charge in [0, 0.05) is 33.2 Å². The molecule has 1 atom stereocenters. The molecule has 114 valence electrons. The lowest BCUT2D eigenvalue weighted by Crippen LogP contribution is -2.52. The average molecular weight is 282 g/mol. The third-order valence-electron chi connectivity index (χ3n) is 4.19. The lowest BCUT2D eigenvalue weighted by Gasteiger charge is -2.33. The molecule has 2 heterocycles. The van der Waals surface area contributed by atoms with E-state index in [9.17, 15) is 9.59 Å². The van der Waals surface area contributed by atoms with Crippen LogP contribution in [0.3, 0.4) is 0 Å². The number of carbonyl (C=O) groups is 2. The zero-order valence-electron chi connectivity index (χ0n) is 12.6. The van der Waals surface area contributed by atoms with Crippen LogP contribution in [0.5, 0.6) is 0 Å². The van der Waals surface area contributed by atoms with Crippen LogP contribution in [0, 0.1) is 5.92 Å². The summed E-state index contributed by atoms with van der Waals surface area (Å²) in [6, 6.07) is 0. The van der Waals surface area contributed by atoms with Crippen LogP contribution in [-0.2, 0) is 9.59 Å². The zero-order chi connectivity index (χ0) is 14.5. The number of piperidine rings is 1. The van der Waals surface area contributed by atoms with Crippen LogP contribution < -0.4 is 5.32 Å². The van der Waals surface area contributed by atoms with Gasteiger partial charge in [-0.2, -0.15) is 0 Å². The Kier molecular flexibility index (Phi) is 5.37. The van der Waals surface area contributed by atoms with Crippen molar-refractivity contribution in [1.29, 1.82) is 0 Å². The molecule has 2 amide bonds. The molecule has 0 saturated carbocycles. The third kappa shape index (κ3) is 4.18. The van der Waals surface area contributed by atoms with Gasteiger partial charge in [0.15, 0.2) is 0 Å². The number of carbonyl (C=O) groups excluding carboxylic acids is 2. The summed E-state index contributed by atoms with van der Waals surface area (Å²) < 4.78 is 0. The zero-order valence-corrected chi connectivity index (χ0v) is 12.6. The summed E-state index contributed by atoms with van der Waals surface area (Å²) in [5.74, 6) is 0.630. The Bertz CT molecular complexity index is 361. The first-order valence-corrected chi connectivity index (χ1v) is 7.47. The number of piperazine rings is 1. The van der Waals surface area contributed by atoms with E-state index in [4.69, 9.17) is 0 Å². The minimum Gasteiger partial charge on any atom is -0.344 e. The van der Waals surface area contributed by atoms with Gasteiger partial charge in [-0.3, -0.25) is 9.59 Å². The molecule has 2 saturated heterocycles. The molecule has 0 spiro atoms. The summed E-state index contributed by atoms with van der Waals surface area (Å²) in [6.07, 6.45) is 2.40. The highest BCUT2D eigenvalue weighted by Gasteiger charge is 2.24. The van der Waals surface area contributed by atoms with E-state index in [-0.39, 0.29) is 18.4 Å². The Morgan fingerprint density at radius 3 is 2.95 bits per heavy atom. The number of amides is 2. The van der Waals surface area contributed by atoms with E-state index < -0.39 is 0 Å². The van der Waals surface area contributed by atoms with Gasteiger partial charge in [-0.25, -0.2) is 0 Å².